The molecule has 1 N–H and O–H groups in total. The van der Waals surface area contributed by atoms with Crippen LogP contribution in [0.15, 0.2) is 72.8 Å². The van der Waals surface area contributed by atoms with E-state index < -0.39 is 11.0 Å². The van der Waals surface area contributed by atoms with Gasteiger partial charge in [0.25, 0.3) is 5.91 Å². The molecule has 1 aliphatic carbocycles. The van der Waals surface area contributed by atoms with Gasteiger partial charge in [-0.25, -0.2) is 0 Å². The lowest BCUT2D eigenvalue weighted by Gasteiger charge is -2.48. The zero-order valence-corrected chi connectivity index (χ0v) is 16.1. The summed E-state index contributed by atoms with van der Waals surface area (Å²) in [6.07, 6.45) is 0.770. The lowest BCUT2D eigenvalue weighted by atomic mass is 9.55. The van der Waals surface area contributed by atoms with Crippen LogP contribution in [0.3, 0.4) is 0 Å². The average molecular weight is 380 g/mol. The first-order chi connectivity index (χ1) is 14.1. The second kappa shape index (κ2) is 5.43. The number of amides is 1. The number of nitrogens with zero attached hydrogens (tertiary/aromatic N) is 1. The second-order valence-electron chi connectivity index (χ2n) is 8.21. The Morgan fingerprint density at radius 1 is 0.793 bits per heavy atom. The molecule has 0 bridgehead atoms. The number of fused-ring (bicyclic) bond motifs is 7. The summed E-state index contributed by atoms with van der Waals surface area (Å²) in [6.45, 7) is 0.763. The molecule has 0 saturated carbocycles. The third-order valence-corrected chi connectivity index (χ3v) is 7.17. The minimum absolute atomic E-state index is 0.0161. The van der Waals surface area contributed by atoms with Crippen molar-refractivity contribution in [2.24, 2.45) is 0 Å². The van der Waals surface area contributed by atoms with E-state index in [-0.39, 0.29) is 11.7 Å². The molecule has 2 aliphatic heterocycles. The highest BCUT2D eigenvalue weighted by Crippen LogP contribution is 2.63. The van der Waals surface area contributed by atoms with Gasteiger partial charge in [-0.05, 0) is 30.7 Å². The Bertz CT molecular complexity index is 1170. The topological polar surface area (TPSA) is 49.4 Å². The summed E-state index contributed by atoms with van der Waals surface area (Å²) in [6, 6.07) is 23.6. The highest BCUT2D eigenvalue weighted by molar-refractivity contribution is 6.15. The summed E-state index contributed by atoms with van der Waals surface area (Å²) in [7, 11) is 2.03. The number of carbonyl (C=O) groups is 2. The van der Waals surface area contributed by atoms with Crippen LogP contribution < -0.4 is 5.32 Å². The van der Waals surface area contributed by atoms with Crippen LogP contribution in [-0.2, 0) is 15.7 Å². The van der Waals surface area contributed by atoms with Crippen molar-refractivity contribution in [2.45, 2.75) is 17.4 Å². The summed E-state index contributed by atoms with van der Waals surface area (Å²) in [5, 5.41) is 3.14. The van der Waals surface area contributed by atoms with Crippen molar-refractivity contribution in [2.75, 3.05) is 18.9 Å². The highest BCUT2D eigenvalue weighted by atomic mass is 16.2. The maximum Gasteiger partial charge on any atom is 0.250 e. The van der Waals surface area contributed by atoms with Gasteiger partial charge in [0.05, 0.1) is 5.41 Å². The van der Waals surface area contributed by atoms with Gasteiger partial charge >= 0.3 is 0 Å². The summed E-state index contributed by atoms with van der Waals surface area (Å²) in [5.41, 5.74) is 3.66. The minimum Gasteiger partial charge on any atom is -0.324 e. The largest absolute Gasteiger partial charge is 0.324 e. The Labute approximate surface area is 169 Å². The molecule has 4 heteroatoms. The molecule has 3 aromatic rings. The molecule has 1 saturated heterocycles. The van der Waals surface area contributed by atoms with Gasteiger partial charge in [0.15, 0.2) is 5.78 Å². The molecule has 1 atom stereocenters. The molecule has 1 amide bonds. The number of para-hydroxylation sites is 1. The number of hydrogen-bond acceptors (Lipinski definition) is 3. The molecule has 0 radical (unpaired) electrons. The van der Waals surface area contributed by atoms with Gasteiger partial charge in [-0.1, -0.05) is 66.7 Å². The van der Waals surface area contributed by atoms with E-state index in [0.29, 0.717) is 11.1 Å². The van der Waals surface area contributed by atoms with E-state index in [2.05, 4.69) is 16.3 Å². The third-order valence-electron chi connectivity index (χ3n) is 7.17. The van der Waals surface area contributed by atoms with Crippen LogP contribution in [0.5, 0.6) is 0 Å². The van der Waals surface area contributed by atoms with Crippen molar-refractivity contribution in [1.82, 2.24) is 4.90 Å². The van der Waals surface area contributed by atoms with Gasteiger partial charge in [0.2, 0.25) is 0 Å². The fourth-order valence-corrected chi connectivity index (χ4v) is 6.11. The Hall–Kier alpha value is -3.24. The molecule has 4 nitrogen and oxygen atoms in total. The minimum atomic E-state index is -0.892. The van der Waals surface area contributed by atoms with Gasteiger partial charge in [-0.2, -0.15) is 0 Å². The number of nitrogens with one attached hydrogen (secondary N) is 1. The summed E-state index contributed by atoms with van der Waals surface area (Å²) in [4.78, 5) is 29.3. The third kappa shape index (κ3) is 1.70. The Balaban J connectivity index is 1.80. The predicted molar refractivity (Wildman–Crippen MR) is 111 cm³/mol. The standard InChI is InChI=1S/C25H20N2O2/c1-27-15-14-24(25(27)20-12-6-7-13-21(20)26-23(25)29)18-10-4-2-8-16(18)22(28)17-9-3-5-11-19(17)24/h2-13H,14-15H2,1H3,(H,26,29)/t25-/m0/s1. The smallest absolute Gasteiger partial charge is 0.250 e. The van der Waals surface area contributed by atoms with E-state index >= 15 is 0 Å². The average Bonchev–Trinajstić information content (AvgIpc) is 3.23. The van der Waals surface area contributed by atoms with Crippen LogP contribution in [0.4, 0.5) is 5.69 Å². The van der Waals surface area contributed by atoms with Crippen molar-refractivity contribution in [3.05, 3.63) is 101 Å². The number of hydrogen-bond donors (Lipinski definition) is 1. The van der Waals surface area contributed by atoms with Crippen molar-refractivity contribution in [3.63, 3.8) is 0 Å². The summed E-state index contributed by atoms with van der Waals surface area (Å²) < 4.78 is 0. The van der Waals surface area contributed by atoms with Crippen LogP contribution >= 0.6 is 0 Å². The second-order valence-corrected chi connectivity index (χ2v) is 8.21. The Morgan fingerprint density at radius 2 is 1.34 bits per heavy atom. The Morgan fingerprint density at radius 3 is 2.00 bits per heavy atom. The van der Waals surface area contributed by atoms with Crippen LogP contribution in [-0.4, -0.2) is 30.2 Å². The molecular weight excluding hydrogens is 360 g/mol. The monoisotopic (exact) mass is 380 g/mol. The van der Waals surface area contributed by atoms with Gasteiger partial charge < -0.3 is 5.32 Å². The van der Waals surface area contributed by atoms with E-state index in [1.165, 1.54) is 0 Å². The number of rotatable bonds is 0. The number of likely N-dealkylation sites (N-methyl/N-ethyl adjacent to an activating group) is 1. The zero-order chi connectivity index (χ0) is 19.8. The van der Waals surface area contributed by atoms with E-state index in [1.807, 2.05) is 73.8 Å². The maximum absolute atomic E-state index is 13.8. The molecule has 2 spiro atoms. The molecule has 0 aromatic heterocycles. The number of benzene rings is 3. The van der Waals surface area contributed by atoms with Crippen LogP contribution in [0.25, 0.3) is 0 Å². The maximum atomic E-state index is 13.8. The Kier molecular flexibility index (Phi) is 3.12. The molecule has 29 heavy (non-hydrogen) atoms. The van der Waals surface area contributed by atoms with E-state index in [0.717, 1.165) is 35.3 Å². The normalized spacial score (nSPS) is 23.8. The molecule has 2 heterocycles. The van der Waals surface area contributed by atoms with Gasteiger partial charge in [-0.15, -0.1) is 0 Å². The molecular formula is C25H20N2O2. The first-order valence-corrected chi connectivity index (χ1v) is 9.98. The summed E-state index contributed by atoms with van der Waals surface area (Å²) in [5.74, 6) is 0.0240. The number of likely N-dealkylation sites (tertiary alicyclic amines) is 1. The highest BCUT2D eigenvalue weighted by Gasteiger charge is 2.69. The van der Waals surface area contributed by atoms with Crippen molar-refractivity contribution in [3.8, 4) is 0 Å². The SMILES string of the molecule is CN1CCC2(c3ccccc3C(=O)c3ccccc32)[C@]12C(=O)Nc1ccccc12. The van der Waals surface area contributed by atoms with Crippen molar-refractivity contribution >= 4 is 17.4 Å². The predicted octanol–water partition coefficient (Wildman–Crippen LogP) is 3.70. The lowest BCUT2D eigenvalue weighted by molar-refractivity contribution is -0.127. The fraction of sp³-hybridized carbons (Fsp3) is 0.200. The van der Waals surface area contributed by atoms with Crippen LogP contribution in [0.1, 0.15) is 39.0 Å². The van der Waals surface area contributed by atoms with Crippen LogP contribution in [0.2, 0.25) is 0 Å². The quantitative estimate of drug-likeness (QED) is 0.647. The lowest BCUT2D eigenvalue weighted by Crippen LogP contribution is -2.59. The van der Waals surface area contributed by atoms with Gasteiger partial charge in [0.1, 0.15) is 5.54 Å². The molecule has 3 aliphatic rings. The number of carbonyl (C=O) groups excluding carboxylic acids is 2. The number of ketones is 1. The van der Waals surface area contributed by atoms with Gasteiger partial charge in [-0.3, -0.25) is 14.5 Å². The zero-order valence-electron chi connectivity index (χ0n) is 16.1. The first kappa shape index (κ1) is 16.7. The van der Waals surface area contributed by atoms with Crippen LogP contribution in [0, 0.1) is 0 Å². The van der Waals surface area contributed by atoms with Crippen molar-refractivity contribution in [1.29, 1.82) is 0 Å². The van der Waals surface area contributed by atoms with Crippen molar-refractivity contribution < 1.29 is 9.59 Å². The summed E-state index contributed by atoms with van der Waals surface area (Å²) >= 11 is 0. The van der Waals surface area contributed by atoms with E-state index in [1.54, 1.807) is 0 Å². The molecule has 3 aromatic carbocycles. The fourth-order valence-electron chi connectivity index (χ4n) is 6.11. The van der Waals surface area contributed by atoms with E-state index in [4.69, 9.17) is 0 Å². The van der Waals surface area contributed by atoms with Gasteiger partial charge in [0, 0.05) is 28.9 Å². The number of anilines is 1. The first-order valence-electron chi connectivity index (χ1n) is 9.98. The molecule has 6 rings (SSSR count). The molecule has 0 unspecified atom stereocenters. The van der Waals surface area contributed by atoms with E-state index in [9.17, 15) is 9.59 Å². The molecule has 142 valence electrons. The molecule has 1 fully saturated rings.